The van der Waals surface area contributed by atoms with Gasteiger partial charge in [0.1, 0.15) is 5.75 Å². The molecule has 18 heavy (non-hydrogen) atoms. The van der Waals surface area contributed by atoms with Crippen LogP contribution in [0.15, 0.2) is 42.5 Å². The lowest BCUT2D eigenvalue weighted by atomic mass is 10.1. The summed E-state index contributed by atoms with van der Waals surface area (Å²) in [7, 11) is 0. The number of ether oxygens (including phenoxy) is 1. The van der Waals surface area contributed by atoms with Crippen LogP contribution in [0.25, 0.3) is 0 Å². The summed E-state index contributed by atoms with van der Waals surface area (Å²) in [5, 5.41) is 0. The number of benzene rings is 2. The zero-order chi connectivity index (χ0) is 13.2. The van der Waals surface area contributed by atoms with E-state index < -0.39 is 3.42 Å². The van der Waals surface area contributed by atoms with Gasteiger partial charge < -0.3 is 4.74 Å². The zero-order valence-corrected chi connectivity index (χ0v) is 13.4. The monoisotopic (exact) mass is 367 g/mol. The lowest BCUT2D eigenvalue weighted by molar-refractivity contribution is 0.273. The molecule has 3 heteroatoms. The maximum Gasteiger partial charge on any atom is 0.243 e. The molecule has 2 aromatic rings. The molecule has 2 rings (SSSR count). The molecule has 0 bridgehead atoms. The average molecular weight is 369 g/mol. The third-order valence-corrected chi connectivity index (χ3v) is 3.90. The normalized spacial score (nSPS) is 11.3. The van der Waals surface area contributed by atoms with Crippen molar-refractivity contribution in [2.45, 2.75) is 17.3 Å². The lowest BCUT2D eigenvalue weighted by Crippen LogP contribution is -2.18. The second-order valence-electron chi connectivity index (χ2n) is 4.18. The van der Waals surface area contributed by atoms with Gasteiger partial charge in [0.15, 0.2) is 0 Å². The van der Waals surface area contributed by atoms with Gasteiger partial charge in [-0.05, 0) is 63.4 Å². The van der Waals surface area contributed by atoms with E-state index in [0.717, 1.165) is 16.9 Å². The van der Waals surface area contributed by atoms with E-state index in [0.29, 0.717) is 0 Å². The largest absolute Gasteiger partial charge is 0.462 e. The fourth-order valence-electron chi connectivity index (χ4n) is 1.55. The number of rotatable bonds is 3. The topological polar surface area (TPSA) is 9.23 Å². The molecule has 0 N–H and O–H groups in total. The average Bonchev–Trinajstić information content (AvgIpc) is 2.32. The number of aryl methyl sites for hydroxylation is 2. The molecule has 0 fully saturated rings. The van der Waals surface area contributed by atoms with Crippen LogP contribution in [0.2, 0.25) is 0 Å². The first-order valence-corrected chi connectivity index (χ1v) is 7.18. The van der Waals surface area contributed by atoms with Crippen LogP contribution in [0.4, 0.5) is 0 Å². The molecule has 0 atom stereocenters. The van der Waals surface area contributed by atoms with E-state index in [1.807, 2.05) is 37.3 Å². The van der Waals surface area contributed by atoms with Crippen molar-refractivity contribution < 1.29 is 4.74 Å². The number of alkyl halides is 2. The van der Waals surface area contributed by atoms with Gasteiger partial charge in [0, 0.05) is 5.56 Å². The summed E-state index contributed by atoms with van der Waals surface area (Å²) >= 11 is 7.13. The van der Waals surface area contributed by atoms with E-state index >= 15 is 0 Å². The standard InChI is InChI=1S/C15H13Br2O/c1-11-7-9-13(10-8-11)15(16,17)18-14-6-4-3-5-12(14)2/h3,5-10H,1-2H3. The molecule has 0 amide bonds. The number of halogens is 2. The van der Waals surface area contributed by atoms with Crippen LogP contribution in [0.3, 0.4) is 0 Å². The van der Waals surface area contributed by atoms with Crippen molar-refractivity contribution in [3.05, 3.63) is 65.2 Å². The molecule has 0 spiro atoms. The SMILES string of the molecule is Cc1ccc(C(Br)(Br)Oc2c[c]ccc2C)cc1. The summed E-state index contributed by atoms with van der Waals surface area (Å²) in [6, 6.07) is 16.9. The maximum atomic E-state index is 5.96. The van der Waals surface area contributed by atoms with Crippen molar-refractivity contribution in [3.63, 3.8) is 0 Å². The Morgan fingerprint density at radius 1 is 1.06 bits per heavy atom. The van der Waals surface area contributed by atoms with Gasteiger partial charge in [-0.15, -0.1) is 0 Å². The molecule has 0 unspecified atom stereocenters. The van der Waals surface area contributed by atoms with Gasteiger partial charge in [-0.25, -0.2) is 0 Å². The summed E-state index contributed by atoms with van der Waals surface area (Å²) in [5.41, 5.74) is 3.30. The summed E-state index contributed by atoms with van der Waals surface area (Å²) in [4.78, 5) is 0. The minimum absolute atomic E-state index is 0.715. The predicted octanol–water partition coefficient (Wildman–Crippen LogP) is 5.08. The highest BCUT2D eigenvalue weighted by molar-refractivity contribution is 9.24. The van der Waals surface area contributed by atoms with Crippen LogP contribution in [-0.4, -0.2) is 0 Å². The van der Waals surface area contributed by atoms with Crippen molar-refractivity contribution in [2.24, 2.45) is 0 Å². The molecular weight excluding hydrogens is 356 g/mol. The van der Waals surface area contributed by atoms with Gasteiger partial charge in [0.2, 0.25) is 3.42 Å². The van der Waals surface area contributed by atoms with Crippen molar-refractivity contribution in [2.75, 3.05) is 0 Å². The molecule has 93 valence electrons. The van der Waals surface area contributed by atoms with Crippen molar-refractivity contribution in [1.82, 2.24) is 0 Å². The summed E-state index contributed by atoms with van der Waals surface area (Å²) in [5.74, 6) is 0.798. The Bertz CT molecular complexity index is 532. The lowest BCUT2D eigenvalue weighted by Gasteiger charge is -2.24. The first-order chi connectivity index (χ1) is 8.49. The van der Waals surface area contributed by atoms with Crippen LogP contribution in [0, 0.1) is 19.9 Å². The molecule has 0 aromatic heterocycles. The molecule has 0 heterocycles. The smallest absolute Gasteiger partial charge is 0.243 e. The van der Waals surface area contributed by atoms with Gasteiger partial charge in [-0.3, -0.25) is 0 Å². The van der Waals surface area contributed by atoms with E-state index in [1.165, 1.54) is 5.56 Å². The molecule has 0 aliphatic heterocycles. The minimum Gasteiger partial charge on any atom is -0.462 e. The molecule has 0 saturated heterocycles. The number of hydrogen-bond acceptors (Lipinski definition) is 1. The Balaban J connectivity index is 2.27. The van der Waals surface area contributed by atoms with Gasteiger partial charge >= 0.3 is 0 Å². The van der Waals surface area contributed by atoms with Crippen molar-refractivity contribution in [3.8, 4) is 5.75 Å². The van der Waals surface area contributed by atoms with Gasteiger partial charge in [0.25, 0.3) is 0 Å². The van der Waals surface area contributed by atoms with Crippen molar-refractivity contribution in [1.29, 1.82) is 0 Å². The zero-order valence-electron chi connectivity index (χ0n) is 10.2. The second kappa shape index (κ2) is 5.45. The third-order valence-electron chi connectivity index (χ3n) is 2.66. The van der Waals surface area contributed by atoms with E-state index in [-0.39, 0.29) is 0 Å². The molecule has 0 aliphatic carbocycles. The minimum atomic E-state index is -0.715. The Kier molecular flexibility index (Phi) is 4.13. The van der Waals surface area contributed by atoms with Crippen LogP contribution in [0.1, 0.15) is 16.7 Å². The molecule has 0 saturated carbocycles. The fourth-order valence-corrected chi connectivity index (χ4v) is 2.42. The third kappa shape index (κ3) is 3.15. The maximum absolute atomic E-state index is 5.96. The van der Waals surface area contributed by atoms with Gasteiger partial charge in [-0.1, -0.05) is 42.0 Å². The highest BCUT2D eigenvalue weighted by Crippen LogP contribution is 2.40. The Labute approximate surface area is 124 Å². The molecule has 1 nitrogen and oxygen atoms in total. The summed E-state index contributed by atoms with van der Waals surface area (Å²) < 4.78 is 5.25. The molecule has 2 aromatic carbocycles. The van der Waals surface area contributed by atoms with Gasteiger partial charge in [-0.2, -0.15) is 0 Å². The van der Waals surface area contributed by atoms with E-state index in [1.54, 1.807) is 0 Å². The summed E-state index contributed by atoms with van der Waals surface area (Å²) in [6.07, 6.45) is 0. The second-order valence-corrected chi connectivity index (χ2v) is 7.47. The molecule has 1 radical (unpaired) electrons. The van der Waals surface area contributed by atoms with Crippen LogP contribution < -0.4 is 4.74 Å². The fraction of sp³-hybridized carbons (Fsp3) is 0.200. The van der Waals surface area contributed by atoms with E-state index in [2.05, 4.69) is 57.0 Å². The van der Waals surface area contributed by atoms with Crippen LogP contribution in [0.5, 0.6) is 5.75 Å². The summed E-state index contributed by atoms with van der Waals surface area (Å²) in [6.45, 7) is 4.07. The van der Waals surface area contributed by atoms with Gasteiger partial charge in [0.05, 0.1) is 0 Å². The Morgan fingerprint density at radius 3 is 2.33 bits per heavy atom. The first kappa shape index (κ1) is 13.6. The predicted molar refractivity (Wildman–Crippen MR) is 81.4 cm³/mol. The highest BCUT2D eigenvalue weighted by atomic mass is 79.9. The number of hydrogen-bond donors (Lipinski definition) is 0. The molecule has 0 aliphatic rings. The highest BCUT2D eigenvalue weighted by Gasteiger charge is 2.27. The first-order valence-electron chi connectivity index (χ1n) is 5.60. The van der Waals surface area contributed by atoms with Crippen LogP contribution in [-0.2, 0) is 3.42 Å². The van der Waals surface area contributed by atoms with E-state index in [9.17, 15) is 0 Å². The van der Waals surface area contributed by atoms with E-state index in [4.69, 9.17) is 4.74 Å². The van der Waals surface area contributed by atoms with Crippen LogP contribution >= 0.6 is 31.9 Å². The Morgan fingerprint density at radius 2 is 1.72 bits per heavy atom. The van der Waals surface area contributed by atoms with Crippen molar-refractivity contribution >= 4 is 31.9 Å². The Hall–Kier alpha value is -0.800. The molecular formula is C15H13Br2O. The quantitative estimate of drug-likeness (QED) is 0.686.